The van der Waals surface area contributed by atoms with Crippen LogP contribution < -0.4 is 21.9 Å². The number of anilines is 1. The van der Waals surface area contributed by atoms with E-state index in [1.165, 1.54) is 17.8 Å². The zero-order valence-corrected chi connectivity index (χ0v) is 20.2. The third-order valence-electron chi connectivity index (χ3n) is 4.97. The number of nitrogens with zero attached hydrogens (tertiary/aromatic N) is 2. The summed E-state index contributed by atoms with van der Waals surface area (Å²) in [5.74, 6) is 0.167. The number of aromatic nitrogens is 3. The van der Waals surface area contributed by atoms with Crippen molar-refractivity contribution in [3.63, 3.8) is 0 Å². The standard InChI is InChI=1S/C22H27N5O4.C2H5NO2/c28-14-12-23-20(29)10-2-1-3-11-21(30)26-18-9-6-13-27(22(18)31)15-19-24-16-7-4-5-8-17(16)25-19;1-5-2(3)4/h2,4,6-7,9-10,13,28H,1,3,5,8,11-12,14-15H2,(H,23,29)(H,24,25)(H,26,30);1H3,(H2,3,4)/b10-2+;. The number of ether oxygens (including phenoxy) is 1. The Bertz CT molecular complexity index is 1150. The molecule has 3 rings (SSSR count). The number of hydrogen-bond acceptors (Lipinski definition) is 7. The molecule has 2 aromatic heterocycles. The molecule has 0 aliphatic heterocycles. The van der Waals surface area contributed by atoms with Gasteiger partial charge in [0.05, 0.1) is 26.0 Å². The molecule has 12 nitrogen and oxygen atoms in total. The van der Waals surface area contributed by atoms with E-state index in [1.54, 1.807) is 24.4 Å². The summed E-state index contributed by atoms with van der Waals surface area (Å²) in [6.45, 7) is 0.397. The monoisotopic (exact) mass is 500 g/mol. The fourth-order valence-electron chi connectivity index (χ4n) is 3.24. The van der Waals surface area contributed by atoms with E-state index in [0.717, 1.165) is 24.2 Å². The van der Waals surface area contributed by atoms with Crippen molar-refractivity contribution in [3.05, 3.63) is 64.1 Å². The summed E-state index contributed by atoms with van der Waals surface area (Å²) in [5.41, 5.74) is 6.36. The van der Waals surface area contributed by atoms with Gasteiger partial charge in [0.2, 0.25) is 11.8 Å². The average molecular weight is 501 g/mol. The summed E-state index contributed by atoms with van der Waals surface area (Å²) in [4.78, 5) is 53.4. The van der Waals surface area contributed by atoms with Crippen LogP contribution in [0.15, 0.2) is 41.4 Å². The highest BCUT2D eigenvalue weighted by Crippen LogP contribution is 2.16. The minimum absolute atomic E-state index is 0.109. The highest BCUT2D eigenvalue weighted by Gasteiger charge is 2.13. The smallest absolute Gasteiger partial charge is 0.404 e. The number of carbonyl (C=O) groups excluding carboxylic acids is 3. The normalized spacial score (nSPS) is 11.8. The Morgan fingerprint density at radius 1 is 1.36 bits per heavy atom. The third-order valence-corrected chi connectivity index (χ3v) is 4.97. The van der Waals surface area contributed by atoms with Crippen molar-refractivity contribution in [2.45, 2.75) is 38.6 Å². The molecule has 0 fully saturated rings. The number of H-pyrrole nitrogens is 1. The zero-order valence-electron chi connectivity index (χ0n) is 20.2. The molecular weight excluding hydrogens is 468 g/mol. The van der Waals surface area contributed by atoms with Crippen molar-refractivity contribution in [2.75, 3.05) is 25.6 Å². The van der Waals surface area contributed by atoms with Gasteiger partial charge in [-0.3, -0.25) is 14.4 Å². The van der Waals surface area contributed by atoms with Crippen LogP contribution in [0.25, 0.3) is 6.08 Å². The number of aromatic amines is 1. The number of unbranched alkanes of at least 4 members (excludes halogenated alkanes) is 1. The summed E-state index contributed by atoms with van der Waals surface area (Å²) < 4.78 is 5.40. The number of nitrogens with two attached hydrogens (primary N) is 1. The number of aryl methyl sites for hydroxylation is 1. The second kappa shape index (κ2) is 14.9. The third kappa shape index (κ3) is 9.58. The maximum absolute atomic E-state index is 12.7. The molecule has 1 aliphatic carbocycles. The number of aliphatic hydroxyl groups is 1. The van der Waals surface area contributed by atoms with E-state index in [9.17, 15) is 19.2 Å². The number of aliphatic hydroxyl groups excluding tert-OH is 1. The Morgan fingerprint density at radius 3 is 2.83 bits per heavy atom. The van der Waals surface area contributed by atoms with Crippen molar-refractivity contribution >= 4 is 29.7 Å². The molecule has 0 saturated heterocycles. The van der Waals surface area contributed by atoms with E-state index in [1.807, 2.05) is 6.08 Å². The molecule has 194 valence electrons. The number of methoxy groups -OCH3 is 1. The summed E-state index contributed by atoms with van der Waals surface area (Å²) in [5, 5.41) is 13.8. The van der Waals surface area contributed by atoms with Crippen LogP contribution in [0, 0.1) is 0 Å². The molecule has 2 heterocycles. The molecule has 6 N–H and O–H groups in total. The lowest BCUT2D eigenvalue weighted by atomic mass is 10.1. The van der Waals surface area contributed by atoms with Crippen LogP contribution in [0.1, 0.15) is 42.9 Å². The Morgan fingerprint density at radius 2 is 2.14 bits per heavy atom. The number of pyridine rings is 1. The van der Waals surface area contributed by atoms with Gasteiger partial charge in [-0.25, -0.2) is 9.78 Å². The van der Waals surface area contributed by atoms with Gasteiger partial charge in [-0.05, 0) is 50.0 Å². The van der Waals surface area contributed by atoms with E-state index in [-0.39, 0.29) is 42.6 Å². The first-order valence-electron chi connectivity index (χ1n) is 11.5. The molecule has 0 radical (unpaired) electrons. The SMILES string of the molecule is COC(N)=O.O=C(/C=C/CCCC(=O)Nc1cccn(Cc2nc3c([nH]2)CCC=C3)c1=O)NCCO. The summed E-state index contributed by atoms with van der Waals surface area (Å²) >= 11 is 0. The van der Waals surface area contributed by atoms with Gasteiger partial charge in [0.15, 0.2) is 0 Å². The Balaban J connectivity index is 0.000000830. The van der Waals surface area contributed by atoms with Crippen LogP contribution in [0.3, 0.4) is 0 Å². The summed E-state index contributed by atoms with van der Waals surface area (Å²) in [6, 6.07) is 3.30. The molecule has 3 amide bonds. The molecule has 0 unspecified atom stereocenters. The number of primary amides is 1. The molecular formula is C24H32N6O6. The predicted molar refractivity (Wildman–Crippen MR) is 134 cm³/mol. The quantitative estimate of drug-likeness (QED) is 0.239. The zero-order chi connectivity index (χ0) is 26.3. The highest BCUT2D eigenvalue weighted by atomic mass is 16.5. The van der Waals surface area contributed by atoms with Crippen molar-refractivity contribution < 1.29 is 24.2 Å². The molecule has 1 aliphatic rings. The van der Waals surface area contributed by atoms with Crippen LogP contribution in [-0.4, -0.2) is 57.8 Å². The predicted octanol–water partition coefficient (Wildman–Crippen LogP) is 1.06. The van der Waals surface area contributed by atoms with Crippen LogP contribution in [-0.2, 0) is 27.3 Å². The minimum Gasteiger partial charge on any atom is -0.453 e. The second-order valence-corrected chi connectivity index (χ2v) is 7.72. The van der Waals surface area contributed by atoms with Gasteiger partial charge in [-0.15, -0.1) is 0 Å². The first-order chi connectivity index (χ1) is 17.3. The summed E-state index contributed by atoms with van der Waals surface area (Å²) in [6.07, 6.45) is 11.3. The van der Waals surface area contributed by atoms with Gasteiger partial charge >= 0.3 is 6.09 Å². The van der Waals surface area contributed by atoms with Gasteiger partial charge in [0.1, 0.15) is 11.5 Å². The Kier molecular flexibility index (Phi) is 11.6. The molecule has 12 heteroatoms. The molecule has 2 aromatic rings. The van der Waals surface area contributed by atoms with Crippen LogP contribution in [0.4, 0.5) is 10.5 Å². The number of amides is 3. The van der Waals surface area contributed by atoms with Crippen molar-refractivity contribution in [1.82, 2.24) is 19.9 Å². The van der Waals surface area contributed by atoms with Gasteiger partial charge in [-0.1, -0.05) is 12.2 Å². The fourth-order valence-corrected chi connectivity index (χ4v) is 3.24. The first kappa shape index (κ1) is 28.1. The lowest BCUT2D eigenvalue weighted by Gasteiger charge is -2.08. The number of allylic oxidation sites excluding steroid dienone is 2. The largest absolute Gasteiger partial charge is 0.453 e. The second-order valence-electron chi connectivity index (χ2n) is 7.72. The fraction of sp³-hybridized carbons (Fsp3) is 0.375. The lowest BCUT2D eigenvalue weighted by Crippen LogP contribution is -2.26. The summed E-state index contributed by atoms with van der Waals surface area (Å²) in [7, 11) is 1.22. The van der Waals surface area contributed by atoms with E-state index in [0.29, 0.717) is 25.2 Å². The van der Waals surface area contributed by atoms with Crippen molar-refractivity contribution in [1.29, 1.82) is 0 Å². The number of rotatable bonds is 10. The molecule has 36 heavy (non-hydrogen) atoms. The molecule has 0 atom stereocenters. The molecule has 0 aromatic carbocycles. The average Bonchev–Trinajstić information content (AvgIpc) is 3.27. The topological polar surface area (TPSA) is 181 Å². The number of carbonyl (C=O) groups is 3. The number of nitrogens with one attached hydrogen (secondary N) is 3. The Labute approximate surface area is 208 Å². The van der Waals surface area contributed by atoms with Crippen molar-refractivity contribution in [2.24, 2.45) is 5.73 Å². The number of hydrogen-bond donors (Lipinski definition) is 5. The van der Waals surface area contributed by atoms with E-state index >= 15 is 0 Å². The van der Waals surface area contributed by atoms with Crippen molar-refractivity contribution in [3.8, 4) is 0 Å². The van der Waals surface area contributed by atoms with Gasteiger partial charge < -0.3 is 35.8 Å². The Hall–Kier alpha value is -4.19. The first-order valence-corrected chi connectivity index (χ1v) is 11.5. The lowest BCUT2D eigenvalue weighted by molar-refractivity contribution is -0.117. The van der Waals surface area contributed by atoms with Crippen LogP contribution in [0.2, 0.25) is 0 Å². The van der Waals surface area contributed by atoms with Crippen LogP contribution in [0.5, 0.6) is 0 Å². The molecule has 0 bridgehead atoms. The maximum atomic E-state index is 12.7. The number of fused-ring (bicyclic) bond motifs is 1. The minimum atomic E-state index is -0.745. The van der Waals surface area contributed by atoms with Gasteiger partial charge in [0.25, 0.3) is 5.56 Å². The van der Waals surface area contributed by atoms with Gasteiger partial charge in [0, 0.05) is 24.9 Å². The van der Waals surface area contributed by atoms with E-state index in [2.05, 4.69) is 37.1 Å². The molecule has 0 spiro atoms. The molecule has 0 saturated carbocycles. The van der Waals surface area contributed by atoms with Crippen LogP contribution >= 0.6 is 0 Å². The van der Waals surface area contributed by atoms with E-state index < -0.39 is 6.09 Å². The maximum Gasteiger partial charge on any atom is 0.404 e. The van der Waals surface area contributed by atoms with E-state index in [4.69, 9.17) is 5.11 Å². The highest BCUT2D eigenvalue weighted by molar-refractivity contribution is 5.90. The number of imidazole rings is 1. The van der Waals surface area contributed by atoms with Gasteiger partial charge in [-0.2, -0.15) is 0 Å².